The Morgan fingerprint density at radius 1 is 1.18 bits per heavy atom. The molecule has 0 N–H and O–H groups in total. The average molecular weight is 307 g/mol. The van der Waals surface area contributed by atoms with Gasteiger partial charge in [-0.1, -0.05) is 0 Å². The summed E-state index contributed by atoms with van der Waals surface area (Å²) in [4.78, 5) is 0. The normalized spacial score (nSPS) is 10.5. The number of hydrogen-bond donors (Lipinski definition) is 0. The Balaban J connectivity index is 2.11. The van der Waals surface area contributed by atoms with Gasteiger partial charge in [0.2, 0.25) is 0 Å². The van der Waals surface area contributed by atoms with Gasteiger partial charge in [0, 0.05) is 20.1 Å². The molecule has 0 heterocycles. The van der Waals surface area contributed by atoms with E-state index >= 15 is 0 Å². The summed E-state index contributed by atoms with van der Waals surface area (Å²) in [5, 5.41) is 0. The largest absolute Gasteiger partial charge is 0.493 e. The molecule has 0 saturated heterocycles. The molecule has 0 bridgehead atoms. The Kier molecular flexibility index (Phi) is 7.16. The van der Waals surface area contributed by atoms with Gasteiger partial charge < -0.3 is 14.2 Å². The lowest BCUT2D eigenvalue weighted by atomic mass is 10.3. The minimum Gasteiger partial charge on any atom is -0.493 e. The minimum absolute atomic E-state index is 0.291. The predicted octanol–water partition coefficient (Wildman–Crippen LogP) is 3.02. The summed E-state index contributed by atoms with van der Waals surface area (Å²) in [6.07, 6.45) is 0.790. The zero-order valence-corrected chi connectivity index (χ0v) is 11.3. The van der Waals surface area contributed by atoms with Gasteiger partial charge in [0.25, 0.3) is 0 Å². The second-order valence-electron chi connectivity index (χ2n) is 3.38. The molecule has 3 nitrogen and oxygen atoms in total. The van der Waals surface area contributed by atoms with Crippen LogP contribution in [-0.2, 0) is 9.47 Å². The van der Waals surface area contributed by atoms with Crippen LogP contribution in [0.3, 0.4) is 0 Å². The molecular formula is C12H16BrFO3. The van der Waals surface area contributed by atoms with Gasteiger partial charge in [-0.2, -0.15) is 0 Å². The maximum Gasteiger partial charge on any atom is 0.137 e. The Hall–Kier alpha value is -0.650. The van der Waals surface area contributed by atoms with Crippen molar-refractivity contribution in [1.82, 2.24) is 0 Å². The second kappa shape index (κ2) is 8.44. The highest BCUT2D eigenvalue weighted by Crippen LogP contribution is 2.21. The molecule has 0 aromatic heterocycles. The van der Waals surface area contributed by atoms with Crippen molar-refractivity contribution in [1.29, 1.82) is 0 Å². The summed E-state index contributed by atoms with van der Waals surface area (Å²) in [6, 6.07) is 4.58. The molecule has 17 heavy (non-hydrogen) atoms. The van der Waals surface area contributed by atoms with Gasteiger partial charge in [-0.15, -0.1) is 0 Å². The quantitative estimate of drug-likeness (QED) is 0.691. The molecule has 0 saturated carbocycles. The van der Waals surface area contributed by atoms with Gasteiger partial charge in [-0.25, -0.2) is 4.39 Å². The van der Waals surface area contributed by atoms with E-state index in [9.17, 15) is 4.39 Å². The summed E-state index contributed by atoms with van der Waals surface area (Å²) in [5.41, 5.74) is 0. The Labute approximate surface area is 109 Å². The molecule has 1 aromatic carbocycles. The molecule has 0 radical (unpaired) electrons. The van der Waals surface area contributed by atoms with Gasteiger partial charge in [0.1, 0.15) is 11.6 Å². The van der Waals surface area contributed by atoms with Crippen LogP contribution < -0.4 is 4.74 Å². The van der Waals surface area contributed by atoms with Crippen LogP contribution in [0, 0.1) is 5.82 Å². The summed E-state index contributed by atoms with van der Waals surface area (Å²) in [6.45, 7) is 2.38. The van der Waals surface area contributed by atoms with Crippen molar-refractivity contribution in [3.8, 4) is 5.75 Å². The lowest BCUT2D eigenvalue weighted by Gasteiger charge is -2.07. The van der Waals surface area contributed by atoms with Gasteiger partial charge in [0.15, 0.2) is 0 Å². The van der Waals surface area contributed by atoms with Crippen molar-refractivity contribution < 1.29 is 18.6 Å². The van der Waals surface area contributed by atoms with E-state index in [0.29, 0.717) is 36.6 Å². The zero-order valence-electron chi connectivity index (χ0n) is 9.75. The Bertz CT molecular complexity index is 334. The molecule has 5 heteroatoms. The SMILES string of the molecule is COCCOCCCOc1ccc(F)c(Br)c1. The molecule has 0 amide bonds. The smallest absolute Gasteiger partial charge is 0.137 e. The van der Waals surface area contributed by atoms with Gasteiger partial charge in [-0.3, -0.25) is 0 Å². The fourth-order valence-corrected chi connectivity index (χ4v) is 1.52. The third-order valence-corrected chi connectivity index (χ3v) is 2.63. The lowest BCUT2D eigenvalue weighted by Crippen LogP contribution is -2.06. The maximum atomic E-state index is 12.9. The molecule has 1 rings (SSSR count). The molecule has 96 valence electrons. The summed E-state index contributed by atoms with van der Waals surface area (Å²) in [5.74, 6) is 0.357. The summed E-state index contributed by atoms with van der Waals surface area (Å²) in [7, 11) is 1.64. The number of hydrogen-bond acceptors (Lipinski definition) is 3. The first-order valence-electron chi connectivity index (χ1n) is 5.38. The fourth-order valence-electron chi connectivity index (χ4n) is 1.16. The highest BCUT2D eigenvalue weighted by Gasteiger charge is 2.00. The first kappa shape index (κ1) is 14.4. The molecule has 0 fully saturated rings. The molecule has 1 aromatic rings. The van der Waals surface area contributed by atoms with Gasteiger partial charge in [0.05, 0.1) is 24.3 Å². The number of rotatable bonds is 8. The first-order chi connectivity index (χ1) is 8.24. The molecule has 0 aliphatic rings. The van der Waals surface area contributed by atoms with Crippen molar-refractivity contribution in [2.75, 3.05) is 33.5 Å². The fraction of sp³-hybridized carbons (Fsp3) is 0.500. The zero-order chi connectivity index (χ0) is 12.5. The number of benzene rings is 1. The van der Waals surface area contributed by atoms with Crippen molar-refractivity contribution >= 4 is 15.9 Å². The number of ether oxygens (including phenoxy) is 3. The average Bonchev–Trinajstić information content (AvgIpc) is 2.32. The van der Waals surface area contributed by atoms with Crippen LogP contribution in [0.4, 0.5) is 4.39 Å². The predicted molar refractivity (Wildman–Crippen MR) is 66.9 cm³/mol. The summed E-state index contributed by atoms with van der Waals surface area (Å²) < 4.78 is 28.9. The van der Waals surface area contributed by atoms with E-state index in [4.69, 9.17) is 14.2 Å². The second-order valence-corrected chi connectivity index (χ2v) is 4.24. The van der Waals surface area contributed by atoms with E-state index in [1.54, 1.807) is 19.2 Å². The third-order valence-electron chi connectivity index (χ3n) is 2.02. The molecule has 0 spiro atoms. The standard InChI is InChI=1S/C12H16BrFO3/c1-15-7-8-16-5-2-6-17-10-3-4-12(14)11(13)9-10/h3-4,9H,2,5-8H2,1H3. The van der Waals surface area contributed by atoms with Crippen LogP contribution in [0.2, 0.25) is 0 Å². The van der Waals surface area contributed by atoms with E-state index < -0.39 is 0 Å². The van der Waals surface area contributed by atoms with E-state index in [1.807, 2.05) is 0 Å². The Morgan fingerprint density at radius 2 is 2.00 bits per heavy atom. The van der Waals surface area contributed by atoms with E-state index in [-0.39, 0.29) is 5.82 Å². The van der Waals surface area contributed by atoms with Crippen molar-refractivity contribution in [2.45, 2.75) is 6.42 Å². The minimum atomic E-state index is -0.291. The van der Waals surface area contributed by atoms with Crippen molar-refractivity contribution in [3.05, 3.63) is 28.5 Å². The molecular weight excluding hydrogens is 291 g/mol. The van der Waals surface area contributed by atoms with Gasteiger partial charge in [-0.05, 0) is 34.1 Å². The van der Waals surface area contributed by atoms with Crippen molar-refractivity contribution in [2.24, 2.45) is 0 Å². The monoisotopic (exact) mass is 306 g/mol. The van der Waals surface area contributed by atoms with Crippen LogP contribution in [0.5, 0.6) is 5.75 Å². The maximum absolute atomic E-state index is 12.9. The lowest BCUT2D eigenvalue weighted by molar-refractivity contribution is 0.0644. The highest BCUT2D eigenvalue weighted by atomic mass is 79.9. The molecule has 0 aliphatic heterocycles. The third kappa shape index (κ3) is 6.00. The van der Waals surface area contributed by atoms with Crippen molar-refractivity contribution in [3.63, 3.8) is 0 Å². The van der Waals surface area contributed by atoms with Crippen LogP contribution >= 0.6 is 15.9 Å². The highest BCUT2D eigenvalue weighted by molar-refractivity contribution is 9.10. The molecule has 0 aliphatic carbocycles. The molecule has 0 unspecified atom stereocenters. The Morgan fingerprint density at radius 3 is 2.71 bits per heavy atom. The van der Waals surface area contributed by atoms with E-state index in [1.165, 1.54) is 6.07 Å². The number of methoxy groups -OCH3 is 1. The van der Waals surface area contributed by atoms with E-state index in [0.717, 1.165) is 6.42 Å². The summed E-state index contributed by atoms with van der Waals surface area (Å²) >= 11 is 3.10. The topological polar surface area (TPSA) is 27.7 Å². The van der Waals surface area contributed by atoms with Crippen LogP contribution in [0.1, 0.15) is 6.42 Å². The van der Waals surface area contributed by atoms with E-state index in [2.05, 4.69) is 15.9 Å². The van der Waals surface area contributed by atoms with Crippen LogP contribution in [0.25, 0.3) is 0 Å². The molecule has 0 atom stereocenters. The van der Waals surface area contributed by atoms with Gasteiger partial charge >= 0.3 is 0 Å². The van der Waals surface area contributed by atoms with Crippen LogP contribution in [0.15, 0.2) is 22.7 Å². The number of halogens is 2. The first-order valence-corrected chi connectivity index (χ1v) is 6.18. The van der Waals surface area contributed by atoms with Crippen LogP contribution in [-0.4, -0.2) is 33.5 Å².